The van der Waals surface area contributed by atoms with Gasteiger partial charge in [-0.15, -0.1) is 0 Å². The van der Waals surface area contributed by atoms with Gasteiger partial charge >= 0.3 is 0 Å². The minimum absolute atomic E-state index is 0.366. The number of unbranched alkanes of at least 4 members (excludes halogenated alkanes) is 4. The van der Waals surface area contributed by atoms with Gasteiger partial charge in [-0.2, -0.15) is 0 Å². The number of nitrogens with one attached hydrogen (secondary N) is 1. The van der Waals surface area contributed by atoms with E-state index < -0.39 is 0 Å². The monoisotopic (exact) mass is 293 g/mol. The van der Waals surface area contributed by atoms with Gasteiger partial charge in [0.1, 0.15) is 12.4 Å². The van der Waals surface area contributed by atoms with Crippen molar-refractivity contribution in [1.29, 1.82) is 0 Å². The zero-order valence-corrected chi connectivity index (χ0v) is 13.9. The molecule has 0 aromatic heterocycles. The van der Waals surface area contributed by atoms with Crippen LogP contribution in [0.25, 0.3) is 0 Å². The maximum Gasteiger partial charge on any atom is 0.124 e. The summed E-state index contributed by atoms with van der Waals surface area (Å²) >= 11 is 0. The SMILES string of the molecule is CCCCCCCC(NC)c1ccccc1OCCOC. The molecule has 0 fully saturated rings. The van der Waals surface area contributed by atoms with Crippen molar-refractivity contribution in [1.82, 2.24) is 5.32 Å². The fourth-order valence-electron chi connectivity index (χ4n) is 2.54. The van der Waals surface area contributed by atoms with E-state index in [1.807, 2.05) is 19.2 Å². The van der Waals surface area contributed by atoms with E-state index in [-0.39, 0.29) is 0 Å². The average molecular weight is 293 g/mol. The standard InChI is InChI=1S/C18H31NO2/c1-4-5-6-7-8-12-17(19-2)16-11-9-10-13-18(16)21-15-14-20-3/h9-11,13,17,19H,4-8,12,14-15H2,1-3H3. The Morgan fingerprint density at radius 3 is 2.52 bits per heavy atom. The predicted octanol–water partition coefficient (Wildman–Crippen LogP) is 4.33. The molecule has 1 aromatic rings. The summed E-state index contributed by atoms with van der Waals surface area (Å²) in [6.45, 7) is 3.47. The molecule has 1 N–H and O–H groups in total. The third kappa shape index (κ3) is 6.96. The maximum absolute atomic E-state index is 5.84. The summed E-state index contributed by atoms with van der Waals surface area (Å²) < 4.78 is 10.9. The van der Waals surface area contributed by atoms with Gasteiger partial charge in [-0.3, -0.25) is 0 Å². The van der Waals surface area contributed by atoms with E-state index in [0.717, 1.165) is 12.2 Å². The molecular weight excluding hydrogens is 262 g/mol. The molecular formula is C18H31NO2. The van der Waals surface area contributed by atoms with E-state index >= 15 is 0 Å². The maximum atomic E-state index is 5.84. The number of methoxy groups -OCH3 is 1. The topological polar surface area (TPSA) is 30.5 Å². The van der Waals surface area contributed by atoms with Gasteiger partial charge in [0, 0.05) is 18.7 Å². The predicted molar refractivity (Wildman–Crippen MR) is 89.0 cm³/mol. The summed E-state index contributed by atoms with van der Waals surface area (Å²) in [6.07, 6.45) is 7.73. The van der Waals surface area contributed by atoms with Crippen LogP contribution in [-0.4, -0.2) is 27.4 Å². The zero-order chi connectivity index (χ0) is 15.3. The molecule has 3 nitrogen and oxygen atoms in total. The molecule has 0 spiro atoms. The van der Waals surface area contributed by atoms with Crippen LogP contribution in [0.15, 0.2) is 24.3 Å². The fourth-order valence-corrected chi connectivity index (χ4v) is 2.54. The minimum Gasteiger partial charge on any atom is -0.491 e. The van der Waals surface area contributed by atoms with Gasteiger partial charge in [0.05, 0.1) is 6.61 Å². The lowest BCUT2D eigenvalue weighted by Crippen LogP contribution is -2.18. The van der Waals surface area contributed by atoms with Gasteiger partial charge in [-0.1, -0.05) is 57.2 Å². The third-order valence-electron chi connectivity index (χ3n) is 3.78. The molecule has 0 aliphatic carbocycles. The molecule has 0 aliphatic rings. The van der Waals surface area contributed by atoms with Crippen LogP contribution in [0.2, 0.25) is 0 Å². The minimum atomic E-state index is 0.366. The molecule has 0 saturated carbocycles. The molecule has 0 saturated heterocycles. The van der Waals surface area contributed by atoms with Gasteiger partial charge in [0.15, 0.2) is 0 Å². The summed E-state index contributed by atoms with van der Waals surface area (Å²) in [5.41, 5.74) is 1.26. The van der Waals surface area contributed by atoms with Crippen molar-refractivity contribution in [2.75, 3.05) is 27.4 Å². The molecule has 1 unspecified atom stereocenters. The van der Waals surface area contributed by atoms with E-state index in [9.17, 15) is 0 Å². The largest absolute Gasteiger partial charge is 0.491 e. The highest BCUT2D eigenvalue weighted by atomic mass is 16.5. The lowest BCUT2D eigenvalue weighted by Gasteiger charge is -2.20. The normalized spacial score (nSPS) is 12.3. The molecule has 120 valence electrons. The second-order valence-corrected chi connectivity index (χ2v) is 5.42. The Bertz CT molecular complexity index is 368. The van der Waals surface area contributed by atoms with Crippen molar-refractivity contribution in [3.63, 3.8) is 0 Å². The molecule has 0 amide bonds. The lowest BCUT2D eigenvalue weighted by atomic mass is 9.99. The quantitative estimate of drug-likeness (QED) is 0.582. The average Bonchev–Trinajstić information content (AvgIpc) is 2.52. The Morgan fingerprint density at radius 1 is 1.05 bits per heavy atom. The highest BCUT2D eigenvalue weighted by molar-refractivity contribution is 5.35. The van der Waals surface area contributed by atoms with Crippen LogP contribution in [0, 0.1) is 0 Å². The second kappa shape index (κ2) is 11.6. The molecule has 0 radical (unpaired) electrons. The number of rotatable bonds is 12. The van der Waals surface area contributed by atoms with Gasteiger partial charge in [-0.25, -0.2) is 0 Å². The van der Waals surface area contributed by atoms with E-state index in [1.165, 1.54) is 37.7 Å². The van der Waals surface area contributed by atoms with E-state index in [2.05, 4.69) is 24.4 Å². The summed E-state index contributed by atoms with van der Waals surface area (Å²) in [5, 5.41) is 3.43. The molecule has 21 heavy (non-hydrogen) atoms. The molecule has 1 rings (SSSR count). The Kier molecular flexibility index (Phi) is 9.92. The molecule has 1 atom stereocenters. The van der Waals surface area contributed by atoms with Crippen LogP contribution >= 0.6 is 0 Å². The first-order valence-corrected chi connectivity index (χ1v) is 8.21. The number of hydrogen-bond donors (Lipinski definition) is 1. The van der Waals surface area contributed by atoms with E-state index in [1.54, 1.807) is 7.11 Å². The molecule has 0 bridgehead atoms. The van der Waals surface area contributed by atoms with Crippen LogP contribution in [0.4, 0.5) is 0 Å². The van der Waals surface area contributed by atoms with Gasteiger partial charge in [-0.05, 0) is 19.5 Å². The summed E-state index contributed by atoms with van der Waals surface area (Å²) in [6, 6.07) is 8.69. The van der Waals surface area contributed by atoms with Crippen molar-refractivity contribution in [3.05, 3.63) is 29.8 Å². The summed E-state index contributed by atoms with van der Waals surface area (Å²) in [7, 11) is 3.73. The first-order valence-electron chi connectivity index (χ1n) is 8.21. The number of benzene rings is 1. The van der Waals surface area contributed by atoms with Crippen molar-refractivity contribution in [3.8, 4) is 5.75 Å². The van der Waals surface area contributed by atoms with Gasteiger partial charge < -0.3 is 14.8 Å². The Balaban J connectivity index is 2.54. The second-order valence-electron chi connectivity index (χ2n) is 5.42. The number of para-hydroxylation sites is 1. The molecule has 1 aromatic carbocycles. The highest BCUT2D eigenvalue weighted by Gasteiger charge is 2.13. The number of hydrogen-bond acceptors (Lipinski definition) is 3. The van der Waals surface area contributed by atoms with E-state index in [0.29, 0.717) is 19.3 Å². The Labute approximate surface area is 130 Å². The Morgan fingerprint density at radius 2 is 1.81 bits per heavy atom. The van der Waals surface area contributed by atoms with Crippen LogP contribution in [0.5, 0.6) is 5.75 Å². The lowest BCUT2D eigenvalue weighted by molar-refractivity contribution is 0.145. The zero-order valence-electron chi connectivity index (χ0n) is 13.9. The van der Waals surface area contributed by atoms with Crippen molar-refractivity contribution >= 4 is 0 Å². The van der Waals surface area contributed by atoms with Gasteiger partial charge in [0.25, 0.3) is 0 Å². The Hall–Kier alpha value is -1.06. The summed E-state index contributed by atoms with van der Waals surface area (Å²) in [4.78, 5) is 0. The van der Waals surface area contributed by atoms with Crippen molar-refractivity contribution in [2.24, 2.45) is 0 Å². The van der Waals surface area contributed by atoms with Gasteiger partial charge in [0.2, 0.25) is 0 Å². The van der Waals surface area contributed by atoms with Crippen molar-refractivity contribution in [2.45, 2.75) is 51.5 Å². The first kappa shape index (κ1) is 18.0. The number of ether oxygens (including phenoxy) is 2. The third-order valence-corrected chi connectivity index (χ3v) is 3.78. The van der Waals surface area contributed by atoms with Crippen LogP contribution in [0.1, 0.15) is 57.1 Å². The first-order chi connectivity index (χ1) is 10.3. The van der Waals surface area contributed by atoms with Crippen LogP contribution in [0.3, 0.4) is 0 Å². The smallest absolute Gasteiger partial charge is 0.124 e. The van der Waals surface area contributed by atoms with Crippen molar-refractivity contribution < 1.29 is 9.47 Å². The highest BCUT2D eigenvalue weighted by Crippen LogP contribution is 2.28. The van der Waals surface area contributed by atoms with Crippen LogP contribution < -0.4 is 10.1 Å². The van der Waals surface area contributed by atoms with Crippen LogP contribution in [-0.2, 0) is 4.74 Å². The van der Waals surface area contributed by atoms with E-state index in [4.69, 9.17) is 9.47 Å². The molecule has 0 heterocycles. The molecule has 0 aliphatic heterocycles. The molecule has 3 heteroatoms. The fraction of sp³-hybridized carbons (Fsp3) is 0.667. The summed E-state index contributed by atoms with van der Waals surface area (Å²) in [5.74, 6) is 0.974.